The predicted molar refractivity (Wildman–Crippen MR) is 60.8 cm³/mol. The highest BCUT2D eigenvalue weighted by atomic mass is 16.2. The van der Waals surface area contributed by atoms with Gasteiger partial charge in [-0.25, -0.2) is 0 Å². The van der Waals surface area contributed by atoms with Crippen molar-refractivity contribution in [1.82, 2.24) is 10.2 Å². The van der Waals surface area contributed by atoms with Crippen LogP contribution in [0.15, 0.2) is 0 Å². The van der Waals surface area contributed by atoms with Crippen molar-refractivity contribution < 1.29 is 9.59 Å². The van der Waals surface area contributed by atoms with Crippen molar-refractivity contribution in [2.75, 3.05) is 13.1 Å². The van der Waals surface area contributed by atoms with Crippen molar-refractivity contribution in [3.63, 3.8) is 0 Å². The fourth-order valence-corrected chi connectivity index (χ4v) is 2.35. The average molecular weight is 224 g/mol. The van der Waals surface area contributed by atoms with Gasteiger partial charge in [0.25, 0.3) is 0 Å². The molecule has 1 unspecified atom stereocenters. The average Bonchev–Trinajstić information content (AvgIpc) is 3.08. The van der Waals surface area contributed by atoms with Gasteiger partial charge in [-0.15, -0.1) is 0 Å². The predicted octanol–water partition coefficient (Wildman–Crippen LogP) is 0.914. The molecule has 0 aromatic rings. The normalized spacial score (nSPS) is 23.9. The second kappa shape index (κ2) is 4.85. The Hall–Kier alpha value is -1.06. The molecule has 2 fully saturated rings. The van der Waals surface area contributed by atoms with Crippen LogP contribution >= 0.6 is 0 Å². The van der Waals surface area contributed by atoms with Gasteiger partial charge in [0.1, 0.15) is 0 Å². The molecule has 2 amide bonds. The highest BCUT2D eigenvalue weighted by Crippen LogP contribution is 2.35. The summed E-state index contributed by atoms with van der Waals surface area (Å²) in [6.45, 7) is 2.90. The Balaban J connectivity index is 1.97. The highest BCUT2D eigenvalue weighted by molar-refractivity contribution is 5.87. The molecule has 2 rings (SSSR count). The van der Waals surface area contributed by atoms with Gasteiger partial charge < -0.3 is 10.2 Å². The SMILES string of the molecule is CCC(CC1CC1)N1CCC(=O)NCC1=O. The van der Waals surface area contributed by atoms with Gasteiger partial charge >= 0.3 is 0 Å². The van der Waals surface area contributed by atoms with E-state index in [1.54, 1.807) is 0 Å². The smallest absolute Gasteiger partial charge is 0.242 e. The first-order valence-corrected chi connectivity index (χ1v) is 6.27. The molecule has 0 bridgehead atoms. The summed E-state index contributed by atoms with van der Waals surface area (Å²) < 4.78 is 0. The van der Waals surface area contributed by atoms with Crippen molar-refractivity contribution >= 4 is 11.8 Å². The van der Waals surface area contributed by atoms with Crippen molar-refractivity contribution in [2.24, 2.45) is 5.92 Å². The molecule has 4 heteroatoms. The van der Waals surface area contributed by atoms with Gasteiger partial charge in [-0.05, 0) is 18.8 Å². The first-order valence-electron chi connectivity index (χ1n) is 6.27. The van der Waals surface area contributed by atoms with E-state index in [9.17, 15) is 9.59 Å². The van der Waals surface area contributed by atoms with Crippen molar-refractivity contribution in [3.05, 3.63) is 0 Å². The minimum atomic E-state index is -0.00266. The van der Waals surface area contributed by atoms with E-state index in [2.05, 4.69) is 12.2 Å². The highest BCUT2D eigenvalue weighted by Gasteiger charge is 2.31. The molecule has 1 saturated carbocycles. The minimum Gasteiger partial charge on any atom is -0.347 e. The molecule has 1 atom stereocenters. The Bertz CT molecular complexity index is 287. The minimum absolute atomic E-state index is 0.00266. The van der Waals surface area contributed by atoms with Crippen LogP contribution in [0.4, 0.5) is 0 Å². The van der Waals surface area contributed by atoms with Crippen molar-refractivity contribution in [3.8, 4) is 0 Å². The van der Waals surface area contributed by atoms with Crippen LogP contribution < -0.4 is 5.32 Å². The molecule has 0 radical (unpaired) electrons. The molecule has 90 valence electrons. The summed E-state index contributed by atoms with van der Waals surface area (Å²) in [6, 6.07) is 0.340. The number of rotatable bonds is 4. The number of hydrogen-bond acceptors (Lipinski definition) is 2. The molecule has 4 nitrogen and oxygen atoms in total. The monoisotopic (exact) mass is 224 g/mol. The number of amides is 2. The van der Waals surface area contributed by atoms with E-state index >= 15 is 0 Å². The lowest BCUT2D eigenvalue weighted by molar-refractivity contribution is -0.132. The molecule has 1 aliphatic carbocycles. The van der Waals surface area contributed by atoms with E-state index in [-0.39, 0.29) is 18.4 Å². The van der Waals surface area contributed by atoms with Gasteiger partial charge in [0, 0.05) is 19.0 Å². The molecule has 0 spiro atoms. The third-order valence-electron chi connectivity index (χ3n) is 3.55. The van der Waals surface area contributed by atoms with E-state index in [1.807, 2.05) is 4.90 Å². The van der Waals surface area contributed by atoms with E-state index in [1.165, 1.54) is 12.8 Å². The molecule has 1 saturated heterocycles. The van der Waals surface area contributed by atoms with Crippen molar-refractivity contribution in [1.29, 1.82) is 0 Å². The Morgan fingerprint density at radius 1 is 1.44 bits per heavy atom. The van der Waals surface area contributed by atoms with Crippen LogP contribution in [0.1, 0.15) is 39.0 Å². The fraction of sp³-hybridized carbons (Fsp3) is 0.833. The van der Waals surface area contributed by atoms with E-state index < -0.39 is 0 Å². The first kappa shape index (κ1) is 11.4. The van der Waals surface area contributed by atoms with Crippen LogP contribution in [-0.4, -0.2) is 35.8 Å². The van der Waals surface area contributed by atoms with E-state index in [0.717, 1.165) is 18.8 Å². The number of carbonyl (C=O) groups is 2. The molecule has 2 aliphatic rings. The molecule has 0 aromatic heterocycles. The first-order chi connectivity index (χ1) is 7.70. The summed E-state index contributed by atoms with van der Waals surface area (Å²) in [4.78, 5) is 25.0. The zero-order chi connectivity index (χ0) is 11.5. The lowest BCUT2D eigenvalue weighted by Gasteiger charge is -2.29. The van der Waals surface area contributed by atoms with Gasteiger partial charge in [0.15, 0.2) is 0 Å². The van der Waals surface area contributed by atoms with Gasteiger partial charge in [-0.1, -0.05) is 19.8 Å². The third-order valence-corrected chi connectivity index (χ3v) is 3.55. The molecule has 1 N–H and O–H groups in total. The second-order valence-corrected chi connectivity index (χ2v) is 4.86. The number of nitrogens with zero attached hydrogens (tertiary/aromatic N) is 1. The summed E-state index contributed by atoms with van der Waals surface area (Å²) >= 11 is 0. The number of nitrogens with one attached hydrogen (secondary N) is 1. The zero-order valence-electron chi connectivity index (χ0n) is 9.87. The summed E-state index contributed by atoms with van der Waals surface area (Å²) in [6.07, 6.45) is 5.20. The summed E-state index contributed by atoms with van der Waals surface area (Å²) in [5, 5.41) is 2.64. The summed E-state index contributed by atoms with van der Waals surface area (Å²) in [5.74, 6) is 0.903. The molecule has 1 aliphatic heterocycles. The Labute approximate surface area is 96.4 Å². The molecule has 0 aromatic carbocycles. The van der Waals surface area contributed by atoms with Gasteiger partial charge in [0.2, 0.25) is 11.8 Å². The largest absolute Gasteiger partial charge is 0.347 e. The lowest BCUT2D eigenvalue weighted by Crippen LogP contribution is -2.42. The van der Waals surface area contributed by atoms with Crippen LogP contribution in [-0.2, 0) is 9.59 Å². The molecular weight excluding hydrogens is 204 g/mol. The second-order valence-electron chi connectivity index (χ2n) is 4.86. The van der Waals surface area contributed by atoms with Crippen LogP contribution in [0, 0.1) is 5.92 Å². The number of carbonyl (C=O) groups excluding carboxylic acids is 2. The summed E-state index contributed by atoms with van der Waals surface area (Å²) in [5.41, 5.74) is 0. The topological polar surface area (TPSA) is 49.4 Å². The van der Waals surface area contributed by atoms with Gasteiger partial charge in [-0.2, -0.15) is 0 Å². The van der Waals surface area contributed by atoms with Gasteiger partial charge in [-0.3, -0.25) is 9.59 Å². The maximum Gasteiger partial charge on any atom is 0.242 e. The molecular formula is C12H20N2O2. The van der Waals surface area contributed by atoms with Crippen LogP contribution in [0.5, 0.6) is 0 Å². The number of hydrogen-bond donors (Lipinski definition) is 1. The standard InChI is InChI=1S/C12H20N2O2/c1-2-10(7-9-3-4-9)14-6-5-11(15)13-8-12(14)16/h9-10H,2-8H2,1H3,(H,13,15). The Kier molecular flexibility index (Phi) is 3.46. The maximum atomic E-state index is 11.9. The third kappa shape index (κ3) is 2.74. The van der Waals surface area contributed by atoms with Gasteiger partial charge in [0.05, 0.1) is 6.54 Å². The lowest BCUT2D eigenvalue weighted by atomic mass is 10.1. The maximum absolute atomic E-state index is 11.9. The van der Waals surface area contributed by atoms with Crippen LogP contribution in [0.2, 0.25) is 0 Å². The van der Waals surface area contributed by atoms with Crippen molar-refractivity contribution in [2.45, 2.75) is 45.1 Å². The molecule has 16 heavy (non-hydrogen) atoms. The Morgan fingerprint density at radius 2 is 2.19 bits per heavy atom. The van der Waals surface area contributed by atoms with Crippen LogP contribution in [0.25, 0.3) is 0 Å². The Morgan fingerprint density at radius 3 is 2.81 bits per heavy atom. The summed E-state index contributed by atoms with van der Waals surface area (Å²) in [7, 11) is 0. The fourth-order valence-electron chi connectivity index (χ4n) is 2.35. The zero-order valence-corrected chi connectivity index (χ0v) is 9.87. The van der Waals surface area contributed by atoms with E-state index in [4.69, 9.17) is 0 Å². The molecule has 1 heterocycles. The quantitative estimate of drug-likeness (QED) is 0.771. The van der Waals surface area contributed by atoms with Crippen LogP contribution in [0.3, 0.4) is 0 Å². The van der Waals surface area contributed by atoms with E-state index in [0.29, 0.717) is 19.0 Å².